The Kier molecular flexibility index (Phi) is 5.66. The summed E-state index contributed by atoms with van der Waals surface area (Å²) in [5, 5.41) is 0. The van der Waals surface area contributed by atoms with Crippen LogP contribution < -0.4 is 0 Å². The second-order valence-electron chi connectivity index (χ2n) is 9.47. The Morgan fingerprint density at radius 2 is 1.00 bits per heavy atom. The first kappa shape index (κ1) is 19.3. The molecule has 2 aliphatic rings. The Balaban J connectivity index is 2.11. The highest BCUT2D eigenvalue weighted by atomic mass is 16.6. The maximum atomic E-state index is 12.6. The smallest absolute Gasteiger partial charge is 0.309 e. The molecule has 0 heterocycles. The standard InChI is InChI=1S/C20H34O4/c1-19(2,3)23-17(21)15-11-12-16(18(22)24-20(4,5)6)14-10-8-7-9-13(14)15/h13-16H,7-12H2,1-6H3. The summed E-state index contributed by atoms with van der Waals surface area (Å²) in [5.41, 5.74) is -0.910. The number of fused-ring (bicyclic) bond motifs is 1. The lowest BCUT2D eigenvalue weighted by Gasteiger charge is -2.44. The number of rotatable bonds is 2. The number of ether oxygens (including phenoxy) is 2. The molecule has 0 aliphatic heterocycles. The van der Waals surface area contributed by atoms with E-state index in [1.54, 1.807) is 0 Å². The van der Waals surface area contributed by atoms with E-state index in [9.17, 15) is 9.59 Å². The van der Waals surface area contributed by atoms with Crippen LogP contribution in [0.1, 0.15) is 80.1 Å². The Morgan fingerprint density at radius 1 is 0.667 bits per heavy atom. The van der Waals surface area contributed by atoms with E-state index >= 15 is 0 Å². The molecule has 4 nitrogen and oxygen atoms in total. The van der Waals surface area contributed by atoms with Crippen molar-refractivity contribution in [3.05, 3.63) is 0 Å². The molecule has 2 fully saturated rings. The number of hydrogen-bond acceptors (Lipinski definition) is 4. The van der Waals surface area contributed by atoms with Gasteiger partial charge in [0.15, 0.2) is 0 Å². The van der Waals surface area contributed by atoms with E-state index in [2.05, 4.69) is 0 Å². The second-order valence-corrected chi connectivity index (χ2v) is 9.47. The van der Waals surface area contributed by atoms with Crippen LogP contribution in [0.4, 0.5) is 0 Å². The third-order valence-electron chi connectivity index (χ3n) is 5.12. The lowest BCUT2D eigenvalue weighted by Crippen LogP contribution is -2.45. The van der Waals surface area contributed by atoms with Gasteiger partial charge in [0.25, 0.3) is 0 Å². The molecular formula is C20H34O4. The van der Waals surface area contributed by atoms with Gasteiger partial charge in [-0.1, -0.05) is 12.8 Å². The average molecular weight is 338 g/mol. The van der Waals surface area contributed by atoms with Crippen molar-refractivity contribution in [2.75, 3.05) is 0 Å². The first-order valence-electron chi connectivity index (χ1n) is 9.44. The van der Waals surface area contributed by atoms with Crippen LogP contribution in [-0.2, 0) is 19.1 Å². The van der Waals surface area contributed by atoms with Gasteiger partial charge in [0, 0.05) is 0 Å². The molecule has 4 unspecified atom stereocenters. The first-order valence-corrected chi connectivity index (χ1v) is 9.44. The molecule has 0 spiro atoms. The molecule has 138 valence electrons. The van der Waals surface area contributed by atoms with Crippen LogP contribution in [-0.4, -0.2) is 23.1 Å². The lowest BCUT2D eigenvalue weighted by atomic mass is 9.61. The minimum Gasteiger partial charge on any atom is -0.460 e. The van der Waals surface area contributed by atoms with Crippen molar-refractivity contribution in [1.82, 2.24) is 0 Å². The SMILES string of the molecule is CC(C)(C)OC(=O)C1CCC(C(=O)OC(C)(C)C)C2CCCCC12. The quantitative estimate of drug-likeness (QED) is 0.696. The summed E-state index contributed by atoms with van der Waals surface area (Å²) in [6.07, 6.45) is 5.80. The van der Waals surface area contributed by atoms with Crippen LogP contribution in [0.15, 0.2) is 0 Å². The van der Waals surface area contributed by atoms with E-state index in [0.29, 0.717) is 0 Å². The number of carbonyl (C=O) groups excluding carboxylic acids is 2. The van der Waals surface area contributed by atoms with Crippen LogP contribution in [0.2, 0.25) is 0 Å². The average Bonchev–Trinajstić information content (AvgIpc) is 2.42. The monoisotopic (exact) mass is 338 g/mol. The Bertz CT molecular complexity index is 425. The van der Waals surface area contributed by atoms with Gasteiger partial charge < -0.3 is 9.47 Å². The van der Waals surface area contributed by atoms with Gasteiger partial charge in [0.1, 0.15) is 11.2 Å². The van der Waals surface area contributed by atoms with Gasteiger partial charge in [-0.3, -0.25) is 9.59 Å². The van der Waals surface area contributed by atoms with Crippen molar-refractivity contribution in [3.63, 3.8) is 0 Å². The zero-order valence-corrected chi connectivity index (χ0v) is 16.2. The summed E-state index contributed by atoms with van der Waals surface area (Å²) in [6.45, 7) is 11.5. The molecule has 4 atom stereocenters. The van der Waals surface area contributed by atoms with Crippen LogP contribution in [0.5, 0.6) is 0 Å². The van der Waals surface area contributed by atoms with E-state index in [1.807, 2.05) is 41.5 Å². The summed E-state index contributed by atoms with van der Waals surface area (Å²) in [4.78, 5) is 25.3. The van der Waals surface area contributed by atoms with Crippen molar-refractivity contribution in [2.24, 2.45) is 23.7 Å². The van der Waals surface area contributed by atoms with Gasteiger partial charge in [-0.2, -0.15) is 0 Å². The fraction of sp³-hybridized carbons (Fsp3) is 0.900. The largest absolute Gasteiger partial charge is 0.460 e. The summed E-state index contributed by atoms with van der Waals surface area (Å²) >= 11 is 0. The van der Waals surface area contributed by atoms with Gasteiger partial charge in [0.2, 0.25) is 0 Å². The molecule has 0 aromatic carbocycles. The van der Waals surface area contributed by atoms with Crippen LogP contribution >= 0.6 is 0 Å². The van der Waals surface area contributed by atoms with E-state index in [4.69, 9.17) is 9.47 Å². The predicted molar refractivity (Wildman–Crippen MR) is 93.4 cm³/mol. The second kappa shape index (κ2) is 7.05. The molecule has 0 aromatic heterocycles. The van der Waals surface area contributed by atoms with Crippen LogP contribution in [0, 0.1) is 23.7 Å². The summed E-state index contributed by atoms with van der Waals surface area (Å²) < 4.78 is 11.3. The van der Waals surface area contributed by atoms with Crippen LogP contribution in [0.3, 0.4) is 0 Å². The normalized spacial score (nSPS) is 31.1. The van der Waals surface area contributed by atoms with Crippen molar-refractivity contribution < 1.29 is 19.1 Å². The van der Waals surface area contributed by atoms with E-state index in [1.165, 1.54) is 0 Å². The van der Waals surface area contributed by atoms with Crippen molar-refractivity contribution >= 4 is 11.9 Å². The van der Waals surface area contributed by atoms with Gasteiger partial charge in [-0.05, 0) is 79.1 Å². The zero-order chi connectivity index (χ0) is 18.1. The fourth-order valence-electron chi connectivity index (χ4n) is 4.31. The number of hydrogen-bond donors (Lipinski definition) is 0. The Labute approximate surface area is 146 Å². The van der Waals surface area contributed by atoms with Gasteiger partial charge in [-0.25, -0.2) is 0 Å². The molecule has 0 saturated heterocycles. The fourth-order valence-corrected chi connectivity index (χ4v) is 4.31. The first-order chi connectivity index (χ1) is 11.0. The maximum Gasteiger partial charge on any atom is 0.309 e. The number of carbonyl (C=O) groups is 2. The van der Waals surface area contributed by atoms with Crippen molar-refractivity contribution in [1.29, 1.82) is 0 Å². The Morgan fingerprint density at radius 3 is 1.29 bits per heavy atom. The molecule has 0 bridgehead atoms. The highest BCUT2D eigenvalue weighted by molar-refractivity contribution is 5.76. The van der Waals surface area contributed by atoms with E-state index in [-0.39, 0.29) is 35.6 Å². The minimum absolute atomic E-state index is 0.0618. The molecular weight excluding hydrogens is 304 g/mol. The number of esters is 2. The van der Waals surface area contributed by atoms with Crippen molar-refractivity contribution in [2.45, 2.75) is 91.3 Å². The molecule has 0 aromatic rings. The molecule has 24 heavy (non-hydrogen) atoms. The van der Waals surface area contributed by atoms with E-state index in [0.717, 1.165) is 38.5 Å². The molecule has 0 N–H and O–H groups in total. The van der Waals surface area contributed by atoms with E-state index < -0.39 is 11.2 Å². The molecule has 2 rings (SSSR count). The summed E-state index contributed by atoms with van der Waals surface area (Å²) in [6, 6.07) is 0. The topological polar surface area (TPSA) is 52.6 Å². The molecule has 2 saturated carbocycles. The maximum absolute atomic E-state index is 12.6. The Hall–Kier alpha value is -1.06. The molecule has 4 heteroatoms. The van der Waals surface area contributed by atoms with Gasteiger partial charge >= 0.3 is 11.9 Å². The summed E-state index contributed by atoms with van der Waals surface area (Å²) in [7, 11) is 0. The molecule has 0 amide bonds. The summed E-state index contributed by atoms with van der Waals surface area (Å²) in [5.74, 6) is 0.241. The van der Waals surface area contributed by atoms with Gasteiger partial charge in [-0.15, -0.1) is 0 Å². The minimum atomic E-state index is -0.455. The molecule has 0 radical (unpaired) electrons. The van der Waals surface area contributed by atoms with Gasteiger partial charge in [0.05, 0.1) is 11.8 Å². The highest BCUT2D eigenvalue weighted by Crippen LogP contribution is 2.48. The van der Waals surface area contributed by atoms with Crippen LogP contribution in [0.25, 0.3) is 0 Å². The third kappa shape index (κ3) is 4.97. The third-order valence-corrected chi connectivity index (χ3v) is 5.12. The predicted octanol–water partition coefficient (Wildman–Crippen LogP) is 4.50. The molecule has 2 aliphatic carbocycles. The highest BCUT2D eigenvalue weighted by Gasteiger charge is 2.47. The zero-order valence-electron chi connectivity index (χ0n) is 16.2. The lowest BCUT2D eigenvalue weighted by molar-refractivity contribution is -0.175. The van der Waals surface area contributed by atoms with Crippen molar-refractivity contribution in [3.8, 4) is 0 Å².